The quantitative estimate of drug-likeness (QED) is 0.185. The van der Waals surface area contributed by atoms with Gasteiger partial charge in [-0.2, -0.15) is 0 Å². The molecule has 0 unspecified atom stereocenters. The first-order valence-corrected chi connectivity index (χ1v) is 17.1. The molecule has 1 aromatic heterocycles. The first kappa shape index (κ1) is 27.8. The van der Waals surface area contributed by atoms with Crippen LogP contribution in [0, 0.1) is 0 Å². The van der Waals surface area contributed by atoms with Gasteiger partial charge in [0.25, 0.3) is 0 Å². The smallest absolute Gasteiger partial charge is 0.0468 e. The van der Waals surface area contributed by atoms with E-state index in [1.165, 1.54) is 64.7 Å². The Morgan fingerprint density at radius 3 is 1.57 bits per heavy atom. The Morgan fingerprint density at radius 2 is 0.957 bits per heavy atom. The standard InChI is InChI=1S/C45H33NS/c1-45(2)40-27-25-36(29-39(40)43-41(45)28-26-38-37-15-9-10-16-42(37)47-44(38)43)46(34-21-17-32(18-22-34)30-11-5-3-6-12-30)35-23-19-33(20-24-35)31-13-7-4-8-14-31/h3-29H,1-2H3. The van der Waals surface area contributed by atoms with Gasteiger partial charge in [-0.25, -0.2) is 0 Å². The maximum Gasteiger partial charge on any atom is 0.0468 e. The zero-order valence-corrected chi connectivity index (χ0v) is 27.3. The number of thiophene rings is 1. The number of anilines is 3. The van der Waals surface area contributed by atoms with Crippen molar-refractivity contribution >= 4 is 48.6 Å². The summed E-state index contributed by atoms with van der Waals surface area (Å²) in [5.41, 5.74) is 13.8. The van der Waals surface area contributed by atoms with Gasteiger partial charge >= 0.3 is 0 Å². The van der Waals surface area contributed by atoms with Gasteiger partial charge in [0.1, 0.15) is 0 Å². The van der Waals surface area contributed by atoms with E-state index in [2.05, 4.69) is 183 Å². The lowest BCUT2D eigenvalue weighted by Gasteiger charge is -2.27. The van der Waals surface area contributed by atoms with Crippen molar-refractivity contribution in [2.45, 2.75) is 19.3 Å². The van der Waals surface area contributed by atoms with Crippen molar-refractivity contribution in [1.82, 2.24) is 0 Å². The zero-order chi connectivity index (χ0) is 31.5. The van der Waals surface area contributed by atoms with Crippen LogP contribution in [-0.4, -0.2) is 0 Å². The van der Waals surface area contributed by atoms with E-state index in [1.54, 1.807) is 0 Å². The first-order chi connectivity index (χ1) is 23.1. The van der Waals surface area contributed by atoms with Crippen molar-refractivity contribution in [1.29, 1.82) is 0 Å². The number of rotatable bonds is 5. The highest BCUT2D eigenvalue weighted by molar-refractivity contribution is 7.26. The van der Waals surface area contributed by atoms with Gasteiger partial charge in [0.15, 0.2) is 0 Å². The van der Waals surface area contributed by atoms with Crippen LogP contribution in [0.15, 0.2) is 164 Å². The third-order valence-corrected chi connectivity index (χ3v) is 11.1. The number of nitrogens with zero attached hydrogens (tertiary/aromatic N) is 1. The molecule has 1 heterocycles. The van der Waals surface area contributed by atoms with Crippen LogP contribution in [0.5, 0.6) is 0 Å². The Labute approximate surface area is 280 Å². The van der Waals surface area contributed by atoms with Crippen LogP contribution in [0.4, 0.5) is 17.1 Å². The molecule has 0 saturated heterocycles. The molecule has 0 atom stereocenters. The molecule has 7 aromatic carbocycles. The Bertz CT molecular complexity index is 2320. The van der Waals surface area contributed by atoms with Gasteiger partial charge in [0, 0.05) is 48.2 Å². The van der Waals surface area contributed by atoms with E-state index < -0.39 is 0 Å². The van der Waals surface area contributed by atoms with E-state index in [1.807, 2.05) is 11.3 Å². The topological polar surface area (TPSA) is 3.24 Å². The van der Waals surface area contributed by atoms with Crippen LogP contribution in [0.3, 0.4) is 0 Å². The number of benzene rings is 7. The SMILES string of the molecule is CC1(C)c2ccc(N(c3ccc(-c4ccccc4)cc3)c3ccc(-c4ccccc4)cc3)cc2-c2c1ccc1c2sc2ccccc21. The Hall–Kier alpha value is -5.44. The van der Waals surface area contributed by atoms with Crippen LogP contribution < -0.4 is 4.90 Å². The van der Waals surface area contributed by atoms with Crippen molar-refractivity contribution in [3.05, 3.63) is 175 Å². The second kappa shape index (κ2) is 10.8. The number of hydrogen-bond donors (Lipinski definition) is 0. The minimum absolute atomic E-state index is 0.0763. The molecule has 0 aliphatic heterocycles. The van der Waals surface area contributed by atoms with E-state index in [9.17, 15) is 0 Å². The summed E-state index contributed by atoms with van der Waals surface area (Å²) >= 11 is 1.92. The average Bonchev–Trinajstić information content (AvgIpc) is 3.62. The maximum absolute atomic E-state index is 2.43. The molecular formula is C45H33NS. The highest BCUT2D eigenvalue weighted by atomic mass is 32.1. The van der Waals surface area contributed by atoms with E-state index >= 15 is 0 Å². The molecule has 47 heavy (non-hydrogen) atoms. The molecule has 0 bridgehead atoms. The predicted octanol–water partition coefficient (Wildman–Crippen LogP) is 13.2. The summed E-state index contributed by atoms with van der Waals surface area (Å²) in [7, 11) is 0. The number of hydrogen-bond acceptors (Lipinski definition) is 2. The van der Waals surface area contributed by atoms with Crippen molar-refractivity contribution in [2.75, 3.05) is 4.90 Å². The molecule has 0 saturated carbocycles. The summed E-state index contributed by atoms with van der Waals surface area (Å²) in [5, 5.41) is 2.69. The third kappa shape index (κ3) is 4.52. The molecule has 9 rings (SSSR count). The summed E-state index contributed by atoms with van der Waals surface area (Å²) in [6, 6.07) is 59.8. The normalized spacial score (nSPS) is 13.1. The van der Waals surface area contributed by atoms with Crippen molar-refractivity contribution in [2.24, 2.45) is 0 Å². The second-order valence-corrected chi connectivity index (χ2v) is 14.0. The Kier molecular flexibility index (Phi) is 6.41. The van der Waals surface area contributed by atoms with E-state index in [-0.39, 0.29) is 5.41 Å². The Balaban J connectivity index is 1.22. The van der Waals surface area contributed by atoms with Gasteiger partial charge in [-0.1, -0.05) is 135 Å². The lowest BCUT2D eigenvalue weighted by molar-refractivity contribution is 0.661. The van der Waals surface area contributed by atoms with Gasteiger partial charge in [-0.3, -0.25) is 0 Å². The van der Waals surface area contributed by atoms with Crippen molar-refractivity contribution in [3.63, 3.8) is 0 Å². The molecule has 1 nitrogen and oxygen atoms in total. The highest BCUT2D eigenvalue weighted by Crippen LogP contribution is 2.55. The molecule has 1 aliphatic carbocycles. The zero-order valence-electron chi connectivity index (χ0n) is 26.4. The van der Waals surface area contributed by atoms with E-state index in [4.69, 9.17) is 0 Å². The lowest BCUT2D eigenvalue weighted by Crippen LogP contribution is -2.15. The molecule has 2 heteroatoms. The van der Waals surface area contributed by atoms with Gasteiger partial charge in [-0.15, -0.1) is 11.3 Å². The van der Waals surface area contributed by atoms with Gasteiger partial charge in [0.2, 0.25) is 0 Å². The molecule has 0 fully saturated rings. The van der Waals surface area contributed by atoms with Crippen LogP contribution >= 0.6 is 11.3 Å². The maximum atomic E-state index is 2.43. The highest BCUT2D eigenvalue weighted by Gasteiger charge is 2.37. The van der Waals surface area contributed by atoms with Crippen LogP contribution in [0.25, 0.3) is 53.6 Å². The monoisotopic (exact) mass is 619 g/mol. The Morgan fingerprint density at radius 1 is 0.447 bits per heavy atom. The lowest BCUT2D eigenvalue weighted by atomic mass is 9.82. The molecule has 0 amide bonds. The largest absolute Gasteiger partial charge is 0.310 e. The van der Waals surface area contributed by atoms with Gasteiger partial charge in [0.05, 0.1) is 0 Å². The number of fused-ring (bicyclic) bond motifs is 7. The van der Waals surface area contributed by atoms with Gasteiger partial charge in [-0.05, 0) is 81.4 Å². The minimum Gasteiger partial charge on any atom is -0.310 e. The molecule has 0 radical (unpaired) electrons. The minimum atomic E-state index is -0.0763. The van der Waals surface area contributed by atoms with Gasteiger partial charge < -0.3 is 4.90 Å². The molecule has 0 spiro atoms. The van der Waals surface area contributed by atoms with Crippen LogP contribution in [0.1, 0.15) is 25.0 Å². The predicted molar refractivity (Wildman–Crippen MR) is 202 cm³/mol. The summed E-state index contributed by atoms with van der Waals surface area (Å²) < 4.78 is 2.73. The molecular weight excluding hydrogens is 587 g/mol. The molecule has 0 N–H and O–H groups in total. The van der Waals surface area contributed by atoms with E-state index in [0.717, 1.165) is 17.1 Å². The fourth-order valence-corrected chi connectivity index (χ4v) is 8.72. The van der Waals surface area contributed by atoms with Crippen molar-refractivity contribution < 1.29 is 0 Å². The fraction of sp³-hybridized carbons (Fsp3) is 0.0667. The summed E-state index contributed by atoms with van der Waals surface area (Å²) in [4.78, 5) is 2.40. The van der Waals surface area contributed by atoms with Crippen molar-refractivity contribution in [3.8, 4) is 33.4 Å². The first-order valence-electron chi connectivity index (χ1n) is 16.3. The molecule has 8 aromatic rings. The summed E-state index contributed by atoms with van der Waals surface area (Å²) in [6.07, 6.45) is 0. The summed E-state index contributed by atoms with van der Waals surface area (Å²) in [6.45, 7) is 4.75. The molecule has 224 valence electrons. The fourth-order valence-electron chi connectivity index (χ4n) is 7.46. The average molecular weight is 620 g/mol. The third-order valence-electron chi connectivity index (χ3n) is 9.89. The summed E-state index contributed by atoms with van der Waals surface area (Å²) in [5.74, 6) is 0. The van der Waals surface area contributed by atoms with E-state index in [0.29, 0.717) is 0 Å². The second-order valence-electron chi connectivity index (χ2n) is 13.0. The molecule has 1 aliphatic rings. The van der Waals surface area contributed by atoms with Crippen LogP contribution in [-0.2, 0) is 5.41 Å². The van der Waals surface area contributed by atoms with Crippen LogP contribution in [0.2, 0.25) is 0 Å².